The Morgan fingerprint density at radius 1 is 1.35 bits per heavy atom. The third-order valence-electron chi connectivity index (χ3n) is 5.83. The van der Waals surface area contributed by atoms with Crippen molar-refractivity contribution in [1.29, 1.82) is 0 Å². The topological polar surface area (TPSA) is 50.8 Å². The van der Waals surface area contributed by atoms with Crippen LogP contribution in [0.4, 0.5) is 0 Å². The minimum Gasteiger partial charge on any atom is -0.497 e. The molecule has 1 spiro atoms. The summed E-state index contributed by atoms with van der Waals surface area (Å²) in [4.78, 5) is 14.9. The number of rotatable bonds is 2. The van der Waals surface area contributed by atoms with Gasteiger partial charge in [0.05, 0.1) is 25.6 Å². The maximum Gasteiger partial charge on any atom is 0.170 e. The van der Waals surface area contributed by atoms with Gasteiger partial charge in [-0.1, -0.05) is 19.3 Å². The van der Waals surface area contributed by atoms with Crippen LogP contribution in [0.5, 0.6) is 11.5 Å². The predicted molar refractivity (Wildman–Crippen MR) is 104 cm³/mol. The number of benzene rings is 1. The molecule has 4 rings (SSSR count). The molecule has 1 aliphatic carbocycles. The summed E-state index contributed by atoms with van der Waals surface area (Å²) in [6.45, 7) is 1.50. The molecule has 2 aliphatic heterocycles. The van der Waals surface area contributed by atoms with Gasteiger partial charge in [0.1, 0.15) is 17.1 Å². The smallest absolute Gasteiger partial charge is 0.170 e. The van der Waals surface area contributed by atoms with E-state index in [0.29, 0.717) is 36.1 Å². The van der Waals surface area contributed by atoms with Crippen molar-refractivity contribution in [3.8, 4) is 11.5 Å². The number of methoxy groups -OCH3 is 1. The first-order chi connectivity index (χ1) is 12.6. The fourth-order valence-corrected chi connectivity index (χ4v) is 4.68. The van der Waals surface area contributed by atoms with Crippen molar-refractivity contribution >= 4 is 23.1 Å². The number of thiocarbonyl (C=S) groups is 1. The third-order valence-corrected chi connectivity index (χ3v) is 6.21. The molecule has 0 amide bonds. The highest BCUT2D eigenvalue weighted by Gasteiger charge is 2.46. The van der Waals surface area contributed by atoms with Crippen molar-refractivity contribution in [2.24, 2.45) is 0 Å². The zero-order chi connectivity index (χ0) is 18.1. The van der Waals surface area contributed by atoms with E-state index in [4.69, 9.17) is 21.7 Å². The Morgan fingerprint density at radius 2 is 2.15 bits per heavy atom. The van der Waals surface area contributed by atoms with Gasteiger partial charge in [-0.25, -0.2) is 0 Å². The molecular weight excluding hydrogens is 348 g/mol. The van der Waals surface area contributed by atoms with Gasteiger partial charge in [0.15, 0.2) is 10.9 Å². The minimum atomic E-state index is -0.461. The number of hydrogen-bond donors (Lipinski definition) is 1. The van der Waals surface area contributed by atoms with E-state index in [0.717, 1.165) is 18.1 Å². The number of fused-ring (bicyclic) bond motifs is 1. The van der Waals surface area contributed by atoms with E-state index >= 15 is 0 Å². The third kappa shape index (κ3) is 3.39. The van der Waals surface area contributed by atoms with Crippen LogP contribution in [0.2, 0.25) is 0 Å². The van der Waals surface area contributed by atoms with Crippen LogP contribution in [0, 0.1) is 0 Å². The van der Waals surface area contributed by atoms with Crippen molar-refractivity contribution < 1.29 is 14.3 Å². The first kappa shape index (κ1) is 17.6. The molecule has 5 nitrogen and oxygen atoms in total. The van der Waals surface area contributed by atoms with Crippen LogP contribution in [-0.4, -0.2) is 47.6 Å². The lowest BCUT2D eigenvalue weighted by atomic mass is 9.89. The van der Waals surface area contributed by atoms with E-state index < -0.39 is 5.60 Å². The van der Waals surface area contributed by atoms with Crippen molar-refractivity contribution in [3.05, 3.63) is 23.8 Å². The van der Waals surface area contributed by atoms with E-state index in [2.05, 4.69) is 10.2 Å². The van der Waals surface area contributed by atoms with Gasteiger partial charge >= 0.3 is 0 Å². The zero-order valence-electron chi connectivity index (χ0n) is 15.3. The minimum absolute atomic E-state index is 0.123. The second kappa shape index (κ2) is 7.06. The van der Waals surface area contributed by atoms with Crippen LogP contribution in [0.15, 0.2) is 18.2 Å². The van der Waals surface area contributed by atoms with Crippen LogP contribution >= 0.6 is 12.2 Å². The first-order valence-corrected chi connectivity index (χ1v) is 9.95. The number of Topliss-reactive ketones (excluding diaryl/α,β-unsaturated/α-hetero) is 1. The molecule has 1 atom stereocenters. The van der Waals surface area contributed by atoms with Crippen LogP contribution in [0.1, 0.15) is 55.3 Å². The predicted octanol–water partition coefficient (Wildman–Crippen LogP) is 3.31. The number of carbonyl (C=O) groups excluding carboxylic acids is 1. The summed E-state index contributed by atoms with van der Waals surface area (Å²) in [5, 5.41) is 4.34. The number of hydrogen-bond acceptors (Lipinski definition) is 4. The molecular formula is C20H26N2O3S. The normalized spacial score (nSPS) is 25.7. The van der Waals surface area contributed by atoms with E-state index in [1.165, 1.54) is 32.1 Å². The van der Waals surface area contributed by atoms with Gasteiger partial charge in [-0.2, -0.15) is 0 Å². The molecule has 6 heteroatoms. The number of nitrogens with one attached hydrogen (secondary N) is 1. The summed E-state index contributed by atoms with van der Waals surface area (Å²) < 4.78 is 11.5. The summed E-state index contributed by atoms with van der Waals surface area (Å²) in [7, 11) is 1.60. The summed E-state index contributed by atoms with van der Waals surface area (Å²) in [6, 6.07) is 5.95. The fraction of sp³-hybridized carbons (Fsp3) is 0.600. The average molecular weight is 375 g/mol. The number of likely N-dealkylation sites (tertiary alicyclic amines) is 1. The quantitative estimate of drug-likeness (QED) is 0.802. The summed E-state index contributed by atoms with van der Waals surface area (Å²) in [5.74, 6) is 1.47. The van der Waals surface area contributed by atoms with Gasteiger partial charge in [-0.05, 0) is 43.3 Å². The highest BCUT2D eigenvalue weighted by molar-refractivity contribution is 7.80. The summed E-state index contributed by atoms with van der Waals surface area (Å²) in [5.41, 5.74) is 0.160. The van der Waals surface area contributed by atoms with Gasteiger partial charge < -0.3 is 19.7 Å². The largest absolute Gasteiger partial charge is 0.497 e. The van der Waals surface area contributed by atoms with E-state index in [1.807, 2.05) is 12.1 Å². The molecule has 0 aromatic heterocycles. The Hall–Kier alpha value is -1.82. The number of nitrogens with zero attached hydrogens (tertiary/aromatic N) is 1. The molecule has 0 radical (unpaired) electrons. The van der Waals surface area contributed by atoms with Crippen LogP contribution in [-0.2, 0) is 0 Å². The van der Waals surface area contributed by atoms with Crippen LogP contribution < -0.4 is 14.8 Å². The Kier molecular flexibility index (Phi) is 4.78. The molecule has 26 heavy (non-hydrogen) atoms. The van der Waals surface area contributed by atoms with E-state index in [1.54, 1.807) is 13.2 Å². The van der Waals surface area contributed by atoms with Gasteiger partial charge in [-0.15, -0.1) is 0 Å². The van der Waals surface area contributed by atoms with Crippen molar-refractivity contribution in [1.82, 2.24) is 10.2 Å². The Labute approximate surface area is 160 Å². The van der Waals surface area contributed by atoms with Crippen molar-refractivity contribution in [2.45, 2.75) is 56.6 Å². The zero-order valence-corrected chi connectivity index (χ0v) is 16.1. The highest BCUT2D eigenvalue weighted by Crippen LogP contribution is 2.40. The number of ketones is 1. The Bertz CT molecular complexity index is 717. The number of carbonyl (C=O) groups is 1. The molecule has 1 saturated carbocycles. The lowest BCUT2D eigenvalue weighted by molar-refractivity contribution is 0.0492. The molecule has 140 valence electrons. The van der Waals surface area contributed by atoms with E-state index in [-0.39, 0.29) is 5.78 Å². The number of ether oxygens (including phenoxy) is 2. The lowest BCUT2D eigenvalue weighted by Crippen LogP contribution is -2.48. The second-order valence-electron chi connectivity index (χ2n) is 7.70. The standard InChI is InChI=1S/C20H26N2O3S/c1-24-15-7-8-18-16(11-15)17(23)12-20(25-18)9-10-22(13-20)19(26)21-14-5-3-2-4-6-14/h7-8,11,14H,2-6,9-10,12-13H2,1H3,(H,21,26). The SMILES string of the molecule is COc1ccc2c(c1)C(=O)CC1(CCN(C(=S)NC3CCCCC3)C1)O2. The molecule has 1 aromatic rings. The van der Waals surface area contributed by atoms with Gasteiger partial charge in [0, 0.05) is 19.0 Å². The highest BCUT2D eigenvalue weighted by atomic mass is 32.1. The maximum absolute atomic E-state index is 12.7. The monoisotopic (exact) mass is 374 g/mol. The molecule has 0 bridgehead atoms. The molecule has 1 aromatic carbocycles. The molecule has 1 N–H and O–H groups in total. The molecule has 2 heterocycles. The van der Waals surface area contributed by atoms with Crippen LogP contribution in [0.3, 0.4) is 0 Å². The first-order valence-electron chi connectivity index (χ1n) is 9.54. The van der Waals surface area contributed by atoms with Gasteiger partial charge in [0.25, 0.3) is 0 Å². The molecule has 3 aliphatic rings. The van der Waals surface area contributed by atoms with Crippen LogP contribution in [0.25, 0.3) is 0 Å². The van der Waals surface area contributed by atoms with Crippen molar-refractivity contribution in [3.63, 3.8) is 0 Å². The molecule has 1 unspecified atom stereocenters. The fourth-order valence-electron chi connectivity index (χ4n) is 4.36. The lowest BCUT2D eigenvalue weighted by Gasteiger charge is -2.35. The Morgan fingerprint density at radius 3 is 2.92 bits per heavy atom. The molecule has 2 fully saturated rings. The summed E-state index contributed by atoms with van der Waals surface area (Å²) in [6.07, 6.45) is 7.50. The Balaban J connectivity index is 1.44. The van der Waals surface area contributed by atoms with Gasteiger partial charge in [-0.3, -0.25) is 4.79 Å². The average Bonchev–Trinajstić information content (AvgIpc) is 3.05. The van der Waals surface area contributed by atoms with E-state index in [9.17, 15) is 4.79 Å². The molecule has 1 saturated heterocycles. The van der Waals surface area contributed by atoms with Crippen molar-refractivity contribution in [2.75, 3.05) is 20.2 Å². The second-order valence-corrected chi connectivity index (χ2v) is 8.09. The summed E-state index contributed by atoms with van der Waals surface area (Å²) >= 11 is 5.65. The maximum atomic E-state index is 12.7. The van der Waals surface area contributed by atoms with Gasteiger partial charge in [0.2, 0.25) is 0 Å².